The van der Waals surface area contributed by atoms with Crippen molar-refractivity contribution in [2.45, 2.75) is 0 Å². The molecule has 1 aromatic carbocycles. The number of anilines is 3. The molecule has 0 unspecified atom stereocenters. The number of benzene rings is 1. The highest BCUT2D eigenvalue weighted by Gasteiger charge is 2.14. The van der Waals surface area contributed by atoms with E-state index in [-0.39, 0.29) is 0 Å². The van der Waals surface area contributed by atoms with E-state index in [0.717, 1.165) is 22.2 Å². The molecule has 25 heavy (non-hydrogen) atoms. The van der Waals surface area contributed by atoms with Crippen LogP contribution in [0, 0.1) is 0 Å². The fourth-order valence-electron chi connectivity index (χ4n) is 2.82. The first-order valence-corrected chi connectivity index (χ1v) is 8.02. The lowest BCUT2D eigenvalue weighted by molar-refractivity contribution is 0.768. The van der Waals surface area contributed by atoms with Gasteiger partial charge in [-0.2, -0.15) is 5.10 Å². The zero-order valence-corrected chi connectivity index (χ0v) is 14.5. The summed E-state index contributed by atoms with van der Waals surface area (Å²) < 4.78 is 3.71. The van der Waals surface area contributed by atoms with Crippen LogP contribution in [-0.2, 0) is 14.1 Å². The molecule has 3 N–H and O–H groups in total. The third-order valence-corrected chi connectivity index (χ3v) is 4.26. The Kier molecular flexibility index (Phi) is 3.58. The van der Waals surface area contributed by atoms with Gasteiger partial charge in [-0.1, -0.05) is 11.6 Å². The van der Waals surface area contributed by atoms with Crippen LogP contribution >= 0.6 is 11.6 Å². The minimum atomic E-state index is 0.443. The van der Waals surface area contributed by atoms with E-state index in [2.05, 4.69) is 20.4 Å². The highest BCUT2D eigenvalue weighted by molar-refractivity contribution is 6.33. The van der Waals surface area contributed by atoms with Crippen LogP contribution in [0.1, 0.15) is 0 Å². The normalized spacial score (nSPS) is 11.2. The van der Waals surface area contributed by atoms with Crippen molar-refractivity contribution in [2.24, 2.45) is 14.1 Å². The maximum Gasteiger partial charge on any atom is 0.227 e. The average molecular weight is 354 g/mol. The summed E-state index contributed by atoms with van der Waals surface area (Å²) in [5, 5.41) is 8.75. The lowest BCUT2D eigenvalue weighted by Gasteiger charge is -2.10. The van der Waals surface area contributed by atoms with Gasteiger partial charge in [0.05, 0.1) is 34.3 Å². The van der Waals surface area contributed by atoms with Gasteiger partial charge in [0.1, 0.15) is 0 Å². The molecule has 4 rings (SSSR count). The third kappa shape index (κ3) is 2.78. The zero-order chi connectivity index (χ0) is 17.6. The summed E-state index contributed by atoms with van der Waals surface area (Å²) in [6, 6.07) is 5.84. The molecule has 0 spiro atoms. The first kappa shape index (κ1) is 15.5. The molecule has 0 saturated heterocycles. The fraction of sp³-hybridized carbons (Fsp3) is 0.118. The van der Waals surface area contributed by atoms with Gasteiger partial charge >= 0.3 is 0 Å². The van der Waals surface area contributed by atoms with Crippen molar-refractivity contribution < 1.29 is 0 Å². The van der Waals surface area contributed by atoms with Crippen molar-refractivity contribution in [1.29, 1.82) is 0 Å². The number of hydrogen-bond donors (Lipinski definition) is 2. The zero-order valence-electron chi connectivity index (χ0n) is 13.7. The Bertz CT molecular complexity index is 1080. The Balaban J connectivity index is 1.84. The smallest absolute Gasteiger partial charge is 0.227 e. The largest absolute Gasteiger partial charge is 0.399 e. The molecule has 0 aliphatic heterocycles. The van der Waals surface area contributed by atoms with Gasteiger partial charge in [-0.15, -0.1) is 0 Å². The predicted octanol–water partition coefficient (Wildman–Crippen LogP) is 3.35. The number of hydrogen-bond acceptors (Lipinski definition) is 5. The molecule has 0 fully saturated rings. The van der Waals surface area contributed by atoms with Crippen LogP contribution in [0.4, 0.5) is 17.3 Å². The van der Waals surface area contributed by atoms with Gasteiger partial charge in [0.2, 0.25) is 5.95 Å². The van der Waals surface area contributed by atoms with Crippen LogP contribution in [-0.4, -0.2) is 24.3 Å². The van der Waals surface area contributed by atoms with Crippen LogP contribution in [0.25, 0.3) is 22.2 Å². The van der Waals surface area contributed by atoms with Gasteiger partial charge < -0.3 is 15.6 Å². The van der Waals surface area contributed by atoms with Gasteiger partial charge in [0, 0.05) is 43.1 Å². The van der Waals surface area contributed by atoms with E-state index in [1.54, 1.807) is 17.1 Å². The minimum Gasteiger partial charge on any atom is -0.399 e. The van der Waals surface area contributed by atoms with Crippen molar-refractivity contribution in [3.05, 3.63) is 48.0 Å². The third-order valence-electron chi connectivity index (χ3n) is 3.99. The van der Waals surface area contributed by atoms with Gasteiger partial charge in [-0.25, -0.2) is 9.97 Å². The van der Waals surface area contributed by atoms with E-state index in [4.69, 9.17) is 17.3 Å². The monoisotopic (exact) mass is 353 g/mol. The lowest BCUT2D eigenvalue weighted by atomic mass is 10.1. The van der Waals surface area contributed by atoms with E-state index in [1.807, 2.05) is 49.3 Å². The van der Waals surface area contributed by atoms with Gasteiger partial charge in [-0.05, 0) is 18.2 Å². The first-order valence-electron chi connectivity index (χ1n) is 7.64. The number of rotatable bonds is 3. The molecule has 126 valence electrons. The highest BCUT2D eigenvalue weighted by Crippen LogP contribution is 2.34. The number of halogens is 1. The summed E-state index contributed by atoms with van der Waals surface area (Å²) in [5.41, 5.74) is 10.1. The van der Waals surface area contributed by atoms with E-state index >= 15 is 0 Å². The maximum atomic E-state index is 6.38. The summed E-state index contributed by atoms with van der Waals surface area (Å²) in [7, 11) is 3.82. The standard InChI is InChI=1S/C17H16ClN7/c1-24-4-3-12-13(5-10(19)6-15(12)24)16-14(18)8-20-17(23-16)22-11-7-21-25(2)9-11/h3-9H,19H2,1-2H3,(H,20,22,23). The number of nitrogens with one attached hydrogen (secondary N) is 1. The lowest BCUT2D eigenvalue weighted by Crippen LogP contribution is -1.99. The molecule has 0 saturated carbocycles. The molecule has 0 amide bonds. The number of aromatic nitrogens is 5. The Morgan fingerprint density at radius 3 is 2.80 bits per heavy atom. The van der Waals surface area contributed by atoms with Crippen LogP contribution in [0.15, 0.2) is 43.0 Å². The summed E-state index contributed by atoms with van der Waals surface area (Å²) in [6.07, 6.45) is 7.11. The van der Waals surface area contributed by atoms with Crippen molar-refractivity contribution in [1.82, 2.24) is 24.3 Å². The van der Waals surface area contributed by atoms with Gasteiger partial charge in [0.25, 0.3) is 0 Å². The number of nitrogens with two attached hydrogens (primary N) is 1. The summed E-state index contributed by atoms with van der Waals surface area (Å²) >= 11 is 6.38. The second-order valence-electron chi connectivity index (χ2n) is 5.85. The molecular formula is C17H16ClN7. The number of aryl methyl sites for hydroxylation is 2. The van der Waals surface area contributed by atoms with Crippen LogP contribution < -0.4 is 11.1 Å². The highest BCUT2D eigenvalue weighted by atomic mass is 35.5. The Hall–Kier alpha value is -3.06. The molecular weight excluding hydrogens is 338 g/mol. The quantitative estimate of drug-likeness (QED) is 0.551. The van der Waals surface area contributed by atoms with Crippen LogP contribution in [0.3, 0.4) is 0 Å². The molecule has 0 aliphatic carbocycles. The molecule has 3 aromatic heterocycles. The number of nitrogen functional groups attached to an aromatic ring is 1. The molecule has 0 aliphatic rings. The van der Waals surface area contributed by atoms with Crippen molar-refractivity contribution in [2.75, 3.05) is 11.1 Å². The molecule has 3 heterocycles. The topological polar surface area (TPSA) is 86.6 Å². The SMILES string of the molecule is Cn1cc(Nc2ncc(Cl)c(-c3cc(N)cc4c3ccn4C)n2)cn1. The van der Waals surface area contributed by atoms with Crippen molar-refractivity contribution >= 4 is 39.8 Å². The van der Waals surface area contributed by atoms with Crippen molar-refractivity contribution in [3.63, 3.8) is 0 Å². The maximum absolute atomic E-state index is 6.38. The van der Waals surface area contributed by atoms with Crippen LogP contribution in [0.2, 0.25) is 5.02 Å². The van der Waals surface area contributed by atoms with E-state index in [1.165, 1.54) is 0 Å². The molecule has 7 nitrogen and oxygen atoms in total. The van der Waals surface area contributed by atoms with Gasteiger partial charge in [0.15, 0.2) is 0 Å². The van der Waals surface area contributed by atoms with Crippen LogP contribution in [0.5, 0.6) is 0 Å². The number of fused-ring (bicyclic) bond motifs is 1. The van der Waals surface area contributed by atoms with E-state index in [9.17, 15) is 0 Å². The molecule has 8 heteroatoms. The summed E-state index contributed by atoms with van der Waals surface area (Å²) in [5.74, 6) is 0.443. The second kappa shape index (κ2) is 5.78. The van der Waals surface area contributed by atoms with Crippen molar-refractivity contribution in [3.8, 4) is 11.3 Å². The number of nitrogens with zero attached hydrogens (tertiary/aromatic N) is 5. The Morgan fingerprint density at radius 2 is 2.04 bits per heavy atom. The average Bonchev–Trinajstić information content (AvgIpc) is 3.15. The summed E-state index contributed by atoms with van der Waals surface area (Å²) in [6.45, 7) is 0. The predicted molar refractivity (Wildman–Crippen MR) is 99.9 cm³/mol. The van der Waals surface area contributed by atoms with E-state index in [0.29, 0.717) is 22.4 Å². The Labute approximate surface area is 149 Å². The first-order chi connectivity index (χ1) is 12.0. The second-order valence-corrected chi connectivity index (χ2v) is 6.25. The Morgan fingerprint density at radius 1 is 1.20 bits per heavy atom. The molecule has 0 atom stereocenters. The minimum absolute atomic E-state index is 0.443. The molecule has 4 aromatic rings. The van der Waals surface area contributed by atoms with E-state index < -0.39 is 0 Å². The summed E-state index contributed by atoms with van der Waals surface area (Å²) in [4.78, 5) is 8.84. The molecule has 0 radical (unpaired) electrons. The molecule has 0 bridgehead atoms. The fourth-order valence-corrected chi connectivity index (χ4v) is 3.01. The van der Waals surface area contributed by atoms with Gasteiger partial charge in [-0.3, -0.25) is 4.68 Å².